The molecule has 1 aromatic heterocycles. The summed E-state index contributed by atoms with van der Waals surface area (Å²) >= 11 is 0. The molecule has 0 aliphatic heterocycles. The second-order valence-corrected chi connectivity index (χ2v) is 3.85. The van der Waals surface area contributed by atoms with Gasteiger partial charge in [0.1, 0.15) is 0 Å². The lowest BCUT2D eigenvalue weighted by molar-refractivity contribution is 0.275. The Balaban J connectivity index is 3.03. The van der Waals surface area contributed by atoms with Crippen LogP contribution in [0.2, 0.25) is 0 Å². The lowest BCUT2D eigenvalue weighted by Gasteiger charge is -2.27. The van der Waals surface area contributed by atoms with Gasteiger partial charge in [0.15, 0.2) is 11.6 Å². The zero-order valence-electron chi connectivity index (χ0n) is 10.1. The van der Waals surface area contributed by atoms with Crippen molar-refractivity contribution in [2.24, 2.45) is 0 Å². The van der Waals surface area contributed by atoms with Crippen molar-refractivity contribution < 1.29 is 9.50 Å². The summed E-state index contributed by atoms with van der Waals surface area (Å²) in [7, 11) is 1.84. The zero-order valence-corrected chi connectivity index (χ0v) is 10.1. The van der Waals surface area contributed by atoms with Crippen molar-refractivity contribution in [2.45, 2.75) is 39.3 Å². The molecule has 0 spiro atoms. The monoisotopic (exact) mass is 226 g/mol. The van der Waals surface area contributed by atoms with Crippen molar-refractivity contribution in [1.82, 2.24) is 4.98 Å². The largest absolute Gasteiger partial charge is 0.392 e. The molecule has 0 fully saturated rings. The highest BCUT2D eigenvalue weighted by atomic mass is 19.1. The van der Waals surface area contributed by atoms with E-state index in [1.54, 1.807) is 0 Å². The Bertz CT molecular complexity index is 340. The van der Waals surface area contributed by atoms with Crippen LogP contribution in [0, 0.1) is 5.82 Å². The molecule has 1 aromatic rings. The van der Waals surface area contributed by atoms with Crippen molar-refractivity contribution in [1.29, 1.82) is 0 Å². The van der Waals surface area contributed by atoms with Crippen LogP contribution in [0.1, 0.15) is 32.3 Å². The van der Waals surface area contributed by atoms with Gasteiger partial charge in [0, 0.05) is 24.8 Å². The fourth-order valence-corrected chi connectivity index (χ4v) is 1.85. The maximum Gasteiger partial charge on any atom is 0.171 e. The summed E-state index contributed by atoms with van der Waals surface area (Å²) in [4.78, 5) is 5.89. The molecule has 1 rings (SSSR count). The number of aromatic nitrogens is 1. The molecule has 0 saturated carbocycles. The molecule has 0 aliphatic carbocycles. The topological polar surface area (TPSA) is 36.4 Å². The zero-order chi connectivity index (χ0) is 12.1. The van der Waals surface area contributed by atoms with E-state index in [0.29, 0.717) is 11.4 Å². The highest BCUT2D eigenvalue weighted by molar-refractivity contribution is 5.43. The second-order valence-electron chi connectivity index (χ2n) is 3.85. The summed E-state index contributed by atoms with van der Waals surface area (Å²) in [6, 6.07) is 1.77. The average Bonchev–Trinajstić information content (AvgIpc) is 2.30. The maximum atomic E-state index is 13.9. The Kier molecular flexibility index (Phi) is 4.68. The molecule has 0 amide bonds. The molecular formula is C12H19FN2O. The van der Waals surface area contributed by atoms with Gasteiger partial charge in [-0.1, -0.05) is 13.8 Å². The molecule has 0 bridgehead atoms. The van der Waals surface area contributed by atoms with Crippen molar-refractivity contribution in [3.05, 3.63) is 23.6 Å². The molecule has 0 unspecified atom stereocenters. The number of anilines is 1. The van der Waals surface area contributed by atoms with Gasteiger partial charge in [0.25, 0.3) is 0 Å². The number of aliphatic hydroxyl groups is 1. The van der Waals surface area contributed by atoms with Crippen molar-refractivity contribution in [2.75, 3.05) is 11.9 Å². The van der Waals surface area contributed by atoms with Crippen LogP contribution < -0.4 is 4.90 Å². The Morgan fingerprint density at radius 3 is 2.56 bits per heavy atom. The van der Waals surface area contributed by atoms with Gasteiger partial charge >= 0.3 is 0 Å². The molecule has 1 N–H and O–H groups in total. The molecule has 16 heavy (non-hydrogen) atoms. The number of hydrogen-bond donors (Lipinski definition) is 1. The molecule has 0 saturated heterocycles. The third-order valence-corrected chi connectivity index (χ3v) is 2.95. The summed E-state index contributed by atoms with van der Waals surface area (Å²) in [6.07, 6.45) is 3.41. The molecule has 0 radical (unpaired) electrons. The van der Waals surface area contributed by atoms with Crippen molar-refractivity contribution in [3.63, 3.8) is 0 Å². The number of halogens is 1. The third kappa shape index (κ3) is 2.50. The van der Waals surface area contributed by atoms with E-state index < -0.39 is 5.82 Å². The summed E-state index contributed by atoms with van der Waals surface area (Å²) in [5, 5.41) is 8.99. The molecular weight excluding hydrogens is 207 g/mol. The summed E-state index contributed by atoms with van der Waals surface area (Å²) in [6.45, 7) is 3.84. The molecule has 1 heterocycles. The minimum absolute atomic E-state index is 0.274. The van der Waals surface area contributed by atoms with Gasteiger partial charge in [-0.25, -0.2) is 9.37 Å². The predicted octanol–water partition coefficient (Wildman–Crippen LogP) is 2.34. The Morgan fingerprint density at radius 1 is 1.44 bits per heavy atom. The van der Waals surface area contributed by atoms with E-state index in [0.717, 1.165) is 12.8 Å². The van der Waals surface area contributed by atoms with E-state index in [1.165, 1.54) is 12.3 Å². The Labute approximate surface area is 95.9 Å². The lowest BCUT2D eigenvalue weighted by atomic mass is 10.1. The van der Waals surface area contributed by atoms with Crippen LogP contribution in [0.25, 0.3) is 0 Å². The minimum Gasteiger partial charge on any atom is -0.392 e. The van der Waals surface area contributed by atoms with Crippen molar-refractivity contribution in [3.8, 4) is 0 Å². The standard InChI is InChI=1S/C12H19FN2O/c1-4-10(5-2)15(3)12-11(13)9(8-16)6-7-14-12/h6-7,10,16H,4-5,8H2,1-3H3. The first kappa shape index (κ1) is 12.9. The molecule has 0 aliphatic rings. The molecule has 0 aromatic carbocycles. The number of aliphatic hydroxyl groups excluding tert-OH is 1. The maximum absolute atomic E-state index is 13.9. The van der Waals surface area contributed by atoms with E-state index in [-0.39, 0.29) is 12.6 Å². The van der Waals surface area contributed by atoms with Crippen molar-refractivity contribution >= 4 is 5.82 Å². The quantitative estimate of drug-likeness (QED) is 0.837. The first-order chi connectivity index (χ1) is 7.65. The lowest BCUT2D eigenvalue weighted by Crippen LogP contribution is -2.32. The summed E-state index contributed by atoms with van der Waals surface area (Å²) < 4.78 is 13.9. The van der Waals surface area contributed by atoms with Gasteiger partial charge < -0.3 is 10.0 Å². The SMILES string of the molecule is CCC(CC)N(C)c1nccc(CO)c1F. The van der Waals surface area contributed by atoms with Gasteiger partial charge in [0.05, 0.1) is 6.61 Å². The van der Waals surface area contributed by atoms with Crippen LogP contribution in [0.5, 0.6) is 0 Å². The smallest absolute Gasteiger partial charge is 0.171 e. The molecule has 3 nitrogen and oxygen atoms in total. The van der Waals surface area contributed by atoms with Gasteiger partial charge in [-0.2, -0.15) is 0 Å². The van der Waals surface area contributed by atoms with Crippen LogP contribution in [0.3, 0.4) is 0 Å². The van der Waals surface area contributed by atoms with E-state index >= 15 is 0 Å². The summed E-state index contributed by atoms with van der Waals surface area (Å²) in [5.74, 6) is -0.0975. The minimum atomic E-state index is -0.417. The fraction of sp³-hybridized carbons (Fsp3) is 0.583. The number of rotatable bonds is 5. The second kappa shape index (κ2) is 5.80. The first-order valence-corrected chi connectivity index (χ1v) is 5.62. The van der Waals surface area contributed by atoms with E-state index in [2.05, 4.69) is 18.8 Å². The highest BCUT2D eigenvalue weighted by Gasteiger charge is 2.17. The first-order valence-electron chi connectivity index (χ1n) is 5.62. The predicted molar refractivity (Wildman–Crippen MR) is 62.9 cm³/mol. The van der Waals surface area contributed by atoms with Gasteiger partial charge in [-0.05, 0) is 18.9 Å². The number of hydrogen-bond acceptors (Lipinski definition) is 3. The van der Waals surface area contributed by atoms with E-state index in [4.69, 9.17) is 5.11 Å². The number of nitrogens with zero attached hydrogens (tertiary/aromatic N) is 2. The van der Waals surface area contributed by atoms with Crippen LogP contribution >= 0.6 is 0 Å². The van der Waals surface area contributed by atoms with Gasteiger partial charge in [0.2, 0.25) is 0 Å². The third-order valence-electron chi connectivity index (χ3n) is 2.95. The summed E-state index contributed by atoms with van der Waals surface area (Å²) in [5.41, 5.74) is 0.294. The average molecular weight is 226 g/mol. The van der Waals surface area contributed by atoms with Gasteiger partial charge in [-0.15, -0.1) is 0 Å². The van der Waals surface area contributed by atoms with E-state index in [1.807, 2.05) is 11.9 Å². The Hall–Kier alpha value is -1.16. The Morgan fingerprint density at radius 2 is 2.06 bits per heavy atom. The van der Waals surface area contributed by atoms with Crippen LogP contribution in [0.4, 0.5) is 10.2 Å². The van der Waals surface area contributed by atoms with Gasteiger partial charge in [-0.3, -0.25) is 0 Å². The molecule has 0 atom stereocenters. The van der Waals surface area contributed by atoms with E-state index in [9.17, 15) is 4.39 Å². The van der Waals surface area contributed by atoms with Crippen LogP contribution in [0.15, 0.2) is 12.3 Å². The van der Waals surface area contributed by atoms with Crippen LogP contribution in [-0.4, -0.2) is 23.2 Å². The van der Waals surface area contributed by atoms with Crippen LogP contribution in [-0.2, 0) is 6.61 Å². The highest BCUT2D eigenvalue weighted by Crippen LogP contribution is 2.22. The molecule has 90 valence electrons. The molecule has 4 heteroatoms. The number of pyridine rings is 1. The normalized spacial score (nSPS) is 10.9. The fourth-order valence-electron chi connectivity index (χ4n) is 1.85.